The average molecular weight is 277 g/mol. The molecule has 4 nitrogen and oxygen atoms in total. The fourth-order valence-electron chi connectivity index (χ4n) is 1.59. The summed E-state index contributed by atoms with van der Waals surface area (Å²) in [4.78, 5) is 11.8. The number of nitrogens with one attached hydrogen (secondary N) is 1. The third kappa shape index (κ3) is 5.05. The van der Waals surface area contributed by atoms with Gasteiger partial charge in [0.05, 0.1) is 18.8 Å². The van der Waals surface area contributed by atoms with E-state index in [9.17, 15) is 9.90 Å². The maximum atomic E-state index is 11.8. The summed E-state index contributed by atoms with van der Waals surface area (Å²) in [5.74, 6) is 0.602. The van der Waals surface area contributed by atoms with Crippen LogP contribution in [-0.4, -0.2) is 29.8 Å². The molecule has 2 N–H and O–H groups in total. The summed E-state index contributed by atoms with van der Waals surface area (Å²) in [6.07, 6.45) is 3.88. The molecule has 20 heavy (non-hydrogen) atoms. The van der Waals surface area contributed by atoms with Crippen molar-refractivity contribution in [1.82, 2.24) is 5.32 Å². The highest BCUT2D eigenvalue weighted by Crippen LogP contribution is 2.13. The van der Waals surface area contributed by atoms with Crippen LogP contribution < -0.4 is 10.1 Å². The fraction of sp³-hybridized carbons (Fsp3) is 0.438. The third-order valence-corrected chi connectivity index (χ3v) is 3.17. The van der Waals surface area contributed by atoms with E-state index in [1.165, 1.54) is 6.08 Å². The number of rotatable bonds is 7. The number of benzene rings is 1. The van der Waals surface area contributed by atoms with Gasteiger partial charge in [-0.2, -0.15) is 0 Å². The van der Waals surface area contributed by atoms with Crippen molar-refractivity contribution in [2.75, 3.05) is 13.2 Å². The molecule has 1 amide bonds. The zero-order chi connectivity index (χ0) is 15.0. The van der Waals surface area contributed by atoms with Gasteiger partial charge in [0.25, 0.3) is 0 Å². The van der Waals surface area contributed by atoms with Gasteiger partial charge in [0.1, 0.15) is 5.75 Å². The zero-order valence-electron chi connectivity index (χ0n) is 12.3. The minimum absolute atomic E-state index is 0.0772. The van der Waals surface area contributed by atoms with Gasteiger partial charge in [-0.25, -0.2) is 0 Å². The second-order valence-corrected chi connectivity index (χ2v) is 4.90. The maximum Gasteiger partial charge on any atom is 0.244 e. The lowest BCUT2D eigenvalue weighted by Gasteiger charge is -2.26. The lowest BCUT2D eigenvalue weighted by atomic mass is 10.0. The van der Waals surface area contributed by atoms with Crippen LogP contribution in [0.1, 0.15) is 32.8 Å². The Labute approximate surface area is 120 Å². The van der Waals surface area contributed by atoms with Crippen molar-refractivity contribution in [3.63, 3.8) is 0 Å². The summed E-state index contributed by atoms with van der Waals surface area (Å²) in [6, 6.07) is 7.51. The van der Waals surface area contributed by atoms with Crippen LogP contribution >= 0.6 is 0 Å². The molecule has 1 atom stereocenters. The van der Waals surface area contributed by atoms with Gasteiger partial charge in [0.2, 0.25) is 5.91 Å². The summed E-state index contributed by atoms with van der Waals surface area (Å²) in [5.41, 5.74) is 0.353. The summed E-state index contributed by atoms with van der Waals surface area (Å²) in [6.45, 7) is 6.23. The van der Waals surface area contributed by atoms with E-state index in [-0.39, 0.29) is 12.5 Å². The van der Waals surface area contributed by atoms with Gasteiger partial charge < -0.3 is 15.2 Å². The van der Waals surface area contributed by atoms with Gasteiger partial charge in [-0.15, -0.1) is 0 Å². The Kier molecular flexibility index (Phi) is 6.25. The number of hydrogen-bond donors (Lipinski definition) is 2. The molecule has 1 aromatic rings. The Morgan fingerprint density at radius 3 is 2.50 bits per heavy atom. The lowest BCUT2D eigenvalue weighted by Crippen LogP contribution is -2.47. The van der Waals surface area contributed by atoms with E-state index in [0.29, 0.717) is 13.0 Å². The van der Waals surface area contributed by atoms with Gasteiger partial charge in [-0.1, -0.05) is 19.1 Å². The average Bonchev–Trinajstić information content (AvgIpc) is 2.47. The molecule has 0 saturated heterocycles. The number of ether oxygens (including phenoxy) is 1. The SMILES string of the molecule is CCOc1ccc(C=CC(=O)NC(C)(CC)CO)cc1. The van der Waals surface area contributed by atoms with Crippen LogP contribution in [0.15, 0.2) is 30.3 Å². The molecular formula is C16H23NO3. The molecule has 0 radical (unpaired) electrons. The highest BCUT2D eigenvalue weighted by atomic mass is 16.5. The van der Waals surface area contributed by atoms with Crippen molar-refractivity contribution in [2.24, 2.45) is 0 Å². The number of carbonyl (C=O) groups excluding carboxylic acids is 1. The first-order valence-corrected chi connectivity index (χ1v) is 6.87. The second kappa shape index (κ2) is 7.70. The summed E-state index contributed by atoms with van der Waals surface area (Å²) in [5, 5.41) is 12.0. The molecule has 0 spiro atoms. The maximum absolute atomic E-state index is 11.8. The summed E-state index contributed by atoms with van der Waals surface area (Å²) in [7, 11) is 0. The summed E-state index contributed by atoms with van der Waals surface area (Å²) >= 11 is 0. The molecule has 0 aliphatic carbocycles. The number of aliphatic hydroxyl groups is 1. The van der Waals surface area contributed by atoms with Gasteiger partial charge in [0, 0.05) is 6.08 Å². The predicted octanol–water partition coefficient (Wildman–Crippen LogP) is 2.38. The van der Waals surface area contributed by atoms with E-state index in [4.69, 9.17) is 4.74 Å². The largest absolute Gasteiger partial charge is 0.494 e. The highest BCUT2D eigenvalue weighted by molar-refractivity contribution is 5.92. The van der Waals surface area contributed by atoms with Gasteiger partial charge in [-0.3, -0.25) is 4.79 Å². The van der Waals surface area contributed by atoms with E-state index >= 15 is 0 Å². The van der Waals surface area contributed by atoms with E-state index in [1.54, 1.807) is 6.08 Å². The van der Waals surface area contributed by atoms with E-state index in [0.717, 1.165) is 11.3 Å². The van der Waals surface area contributed by atoms with Gasteiger partial charge in [0.15, 0.2) is 0 Å². The molecule has 0 aromatic heterocycles. The molecular weight excluding hydrogens is 254 g/mol. The quantitative estimate of drug-likeness (QED) is 0.752. The lowest BCUT2D eigenvalue weighted by molar-refractivity contribution is -0.118. The molecule has 0 heterocycles. The standard InChI is InChI=1S/C16H23NO3/c1-4-16(3,12-18)17-15(19)11-8-13-6-9-14(10-7-13)20-5-2/h6-11,18H,4-5,12H2,1-3H3,(H,17,19). The van der Waals surface area contributed by atoms with E-state index < -0.39 is 5.54 Å². The van der Waals surface area contributed by atoms with Crippen molar-refractivity contribution in [3.8, 4) is 5.75 Å². The third-order valence-electron chi connectivity index (χ3n) is 3.17. The molecule has 1 rings (SSSR count). The fourth-order valence-corrected chi connectivity index (χ4v) is 1.59. The van der Waals surface area contributed by atoms with Crippen LogP contribution in [0.5, 0.6) is 5.75 Å². The Morgan fingerprint density at radius 1 is 1.35 bits per heavy atom. The van der Waals surface area contributed by atoms with Crippen LogP contribution in [0.2, 0.25) is 0 Å². The normalized spacial score (nSPS) is 14.0. The minimum atomic E-state index is -0.569. The van der Waals surface area contributed by atoms with Crippen molar-refractivity contribution >= 4 is 12.0 Å². The minimum Gasteiger partial charge on any atom is -0.494 e. The molecule has 0 bridgehead atoms. The first kappa shape index (κ1) is 16.2. The Bertz CT molecular complexity index is 447. The molecule has 0 aliphatic rings. The van der Waals surface area contributed by atoms with Crippen molar-refractivity contribution < 1.29 is 14.6 Å². The predicted molar refractivity (Wildman–Crippen MR) is 80.6 cm³/mol. The Hall–Kier alpha value is -1.81. The smallest absolute Gasteiger partial charge is 0.244 e. The summed E-state index contributed by atoms with van der Waals surface area (Å²) < 4.78 is 5.35. The van der Waals surface area contributed by atoms with Crippen LogP contribution in [0, 0.1) is 0 Å². The molecule has 0 saturated carbocycles. The first-order chi connectivity index (χ1) is 9.53. The first-order valence-electron chi connectivity index (χ1n) is 6.87. The Morgan fingerprint density at radius 2 is 2.00 bits per heavy atom. The van der Waals surface area contributed by atoms with E-state index in [2.05, 4.69) is 5.32 Å². The molecule has 0 fully saturated rings. The van der Waals surface area contributed by atoms with Crippen molar-refractivity contribution in [1.29, 1.82) is 0 Å². The molecule has 1 aromatic carbocycles. The van der Waals surface area contributed by atoms with E-state index in [1.807, 2.05) is 45.0 Å². The molecule has 4 heteroatoms. The van der Waals surface area contributed by atoms with Crippen LogP contribution in [0.4, 0.5) is 0 Å². The van der Waals surface area contributed by atoms with Crippen LogP contribution in [0.25, 0.3) is 6.08 Å². The highest BCUT2D eigenvalue weighted by Gasteiger charge is 2.21. The van der Waals surface area contributed by atoms with Gasteiger partial charge >= 0.3 is 0 Å². The van der Waals surface area contributed by atoms with Crippen molar-refractivity contribution in [3.05, 3.63) is 35.9 Å². The number of hydrogen-bond acceptors (Lipinski definition) is 3. The zero-order valence-corrected chi connectivity index (χ0v) is 12.3. The van der Waals surface area contributed by atoms with Gasteiger partial charge in [-0.05, 0) is 44.0 Å². The number of carbonyl (C=O) groups is 1. The Balaban J connectivity index is 2.61. The van der Waals surface area contributed by atoms with Crippen LogP contribution in [0.3, 0.4) is 0 Å². The topological polar surface area (TPSA) is 58.6 Å². The monoisotopic (exact) mass is 277 g/mol. The molecule has 1 unspecified atom stereocenters. The second-order valence-electron chi connectivity index (χ2n) is 4.90. The molecule has 110 valence electrons. The van der Waals surface area contributed by atoms with Crippen LogP contribution in [-0.2, 0) is 4.79 Å². The molecule has 0 aliphatic heterocycles. The van der Waals surface area contributed by atoms with Crippen molar-refractivity contribution in [2.45, 2.75) is 32.7 Å². The number of aliphatic hydroxyl groups excluding tert-OH is 1. The number of amides is 1.